The van der Waals surface area contributed by atoms with E-state index >= 15 is 0 Å². The van der Waals surface area contributed by atoms with E-state index in [0.717, 1.165) is 18.5 Å². The van der Waals surface area contributed by atoms with Gasteiger partial charge in [-0.2, -0.15) is 0 Å². The van der Waals surface area contributed by atoms with Crippen LogP contribution in [0.4, 0.5) is 11.4 Å². The Bertz CT molecular complexity index is 1020. The van der Waals surface area contributed by atoms with Crippen molar-refractivity contribution >= 4 is 23.2 Å². The Hall–Kier alpha value is -3.60. The maximum absolute atomic E-state index is 13.1. The number of unbranched alkanes of at least 4 members (excludes halogenated alkanes) is 1. The highest BCUT2D eigenvalue weighted by Crippen LogP contribution is 2.22. The number of para-hydroxylation sites is 2. The fraction of sp³-hybridized carbons (Fsp3) is 0.231. The van der Waals surface area contributed by atoms with Crippen molar-refractivity contribution in [3.63, 3.8) is 0 Å². The third-order valence-corrected chi connectivity index (χ3v) is 4.88. The van der Waals surface area contributed by atoms with Gasteiger partial charge in [-0.05, 0) is 55.8 Å². The molecule has 0 aromatic heterocycles. The van der Waals surface area contributed by atoms with Crippen LogP contribution < -0.4 is 15.0 Å². The summed E-state index contributed by atoms with van der Waals surface area (Å²) in [6.45, 7) is 5.14. The lowest BCUT2D eigenvalue weighted by atomic mass is 10.1. The largest absolute Gasteiger partial charge is 0.493 e. The highest BCUT2D eigenvalue weighted by Gasteiger charge is 2.17. The number of nitrogens with one attached hydrogen (secondary N) is 1. The maximum atomic E-state index is 13.1. The van der Waals surface area contributed by atoms with Crippen LogP contribution in [0.25, 0.3) is 0 Å². The van der Waals surface area contributed by atoms with Gasteiger partial charge in [-0.3, -0.25) is 9.59 Å². The van der Waals surface area contributed by atoms with Crippen molar-refractivity contribution in [1.29, 1.82) is 0 Å². The van der Waals surface area contributed by atoms with Crippen LogP contribution in [0.3, 0.4) is 0 Å². The van der Waals surface area contributed by atoms with Crippen molar-refractivity contribution < 1.29 is 14.3 Å². The predicted molar refractivity (Wildman–Crippen MR) is 125 cm³/mol. The molecule has 0 heterocycles. The van der Waals surface area contributed by atoms with E-state index in [1.165, 1.54) is 0 Å². The Morgan fingerprint density at radius 3 is 2.39 bits per heavy atom. The molecule has 31 heavy (non-hydrogen) atoms. The molecule has 3 aromatic carbocycles. The Morgan fingerprint density at radius 2 is 1.65 bits per heavy atom. The summed E-state index contributed by atoms with van der Waals surface area (Å²) in [6.07, 6.45) is 1.95. The average Bonchev–Trinajstić information content (AvgIpc) is 2.81. The molecule has 0 spiro atoms. The summed E-state index contributed by atoms with van der Waals surface area (Å²) in [6, 6.07) is 23.7. The number of nitrogens with zero attached hydrogens (tertiary/aromatic N) is 1. The topological polar surface area (TPSA) is 58.6 Å². The van der Waals surface area contributed by atoms with E-state index in [0.29, 0.717) is 35.7 Å². The van der Waals surface area contributed by atoms with Crippen LogP contribution in [0.1, 0.15) is 47.4 Å². The number of ether oxygens (including phenoxy) is 1. The molecule has 2 amide bonds. The molecule has 0 aliphatic rings. The molecule has 0 bridgehead atoms. The van der Waals surface area contributed by atoms with Gasteiger partial charge < -0.3 is 15.0 Å². The van der Waals surface area contributed by atoms with Crippen LogP contribution >= 0.6 is 0 Å². The molecule has 160 valence electrons. The molecule has 1 N–H and O–H groups in total. The molecule has 3 rings (SSSR count). The van der Waals surface area contributed by atoms with Crippen LogP contribution in [0.5, 0.6) is 5.75 Å². The van der Waals surface area contributed by atoms with Crippen molar-refractivity contribution in [3.8, 4) is 5.75 Å². The SMILES string of the molecule is CCCCOc1ccccc1C(=O)Nc1cccc(C(=O)N(CC)c2ccccc2)c1. The van der Waals surface area contributed by atoms with Crippen LogP contribution in [0, 0.1) is 0 Å². The van der Waals surface area contributed by atoms with Crippen LogP contribution in [0.15, 0.2) is 78.9 Å². The van der Waals surface area contributed by atoms with Gasteiger partial charge in [-0.15, -0.1) is 0 Å². The molecule has 0 saturated heterocycles. The van der Waals surface area contributed by atoms with E-state index < -0.39 is 0 Å². The third kappa shape index (κ3) is 5.72. The molecule has 0 atom stereocenters. The second-order valence-electron chi connectivity index (χ2n) is 7.12. The van der Waals surface area contributed by atoms with Crippen molar-refractivity contribution in [3.05, 3.63) is 90.0 Å². The molecule has 0 aliphatic carbocycles. The second-order valence-corrected chi connectivity index (χ2v) is 7.12. The summed E-state index contributed by atoms with van der Waals surface area (Å²) in [4.78, 5) is 27.7. The summed E-state index contributed by atoms with van der Waals surface area (Å²) in [5, 5.41) is 2.89. The van der Waals surface area contributed by atoms with E-state index in [4.69, 9.17) is 4.74 Å². The van der Waals surface area contributed by atoms with Crippen molar-refractivity contribution in [2.75, 3.05) is 23.4 Å². The van der Waals surface area contributed by atoms with E-state index in [-0.39, 0.29) is 11.8 Å². The molecule has 0 unspecified atom stereocenters. The Labute approximate surface area is 183 Å². The first kappa shape index (κ1) is 22.1. The molecule has 0 aliphatic heterocycles. The fourth-order valence-electron chi connectivity index (χ4n) is 3.24. The highest BCUT2D eigenvalue weighted by atomic mass is 16.5. The van der Waals surface area contributed by atoms with Crippen LogP contribution in [0.2, 0.25) is 0 Å². The minimum Gasteiger partial charge on any atom is -0.493 e. The third-order valence-electron chi connectivity index (χ3n) is 4.88. The van der Waals surface area contributed by atoms with Crippen molar-refractivity contribution in [2.45, 2.75) is 26.7 Å². The van der Waals surface area contributed by atoms with Crippen molar-refractivity contribution in [2.24, 2.45) is 0 Å². The number of hydrogen-bond acceptors (Lipinski definition) is 3. The van der Waals surface area contributed by atoms with Gasteiger partial charge in [0.1, 0.15) is 5.75 Å². The van der Waals surface area contributed by atoms with E-state index in [1.54, 1.807) is 47.4 Å². The molecule has 0 radical (unpaired) electrons. The van der Waals surface area contributed by atoms with Crippen LogP contribution in [-0.4, -0.2) is 25.0 Å². The van der Waals surface area contributed by atoms with E-state index in [2.05, 4.69) is 12.2 Å². The number of carbonyl (C=O) groups is 2. The van der Waals surface area contributed by atoms with Gasteiger partial charge in [0, 0.05) is 23.5 Å². The van der Waals surface area contributed by atoms with Gasteiger partial charge in [0.2, 0.25) is 0 Å². The molecule has 3 aromatic rings. The van der Waals surface area contributed by atoms with Gasteiger partial charge >= 0.3 is 0 Å². The molecule has 0 fully saturated rings. The second kappa shape index (κ2) is 11.0. The first-order chi connectivity index (χ1) is 15.1. The van der Waals surface area contributed by atoms with Gasteiger partial charge in [0.05, 0.1) is 12.2 Å². The smallest absolute Gasteiger partial charge is 0.259 e. The van der Waals surface area contributed by atoms with Gasteiger partial charge in [-0.1, -0.05) is 49.7 Å². The van der Waals surface area contributed by atoms with Gasteiger partial charge in [-0.25, -0.2) is 0 Å². The lowest BCUT2D eigenvalue weighted by Crippen LogP contribution is -2.30. The first-order valence-corrected chi connectivity index (χ1v) is 10.6. The predicted octanol–water partition coefficient (Wildman–Crippen LogP) is 5.78. The first-order valence-electron chi connectivity index (χ1n) is 10.6. The normalized spacial score (nSPS) is 10.4. The number of carbonyl (C=O) groups excluding carboxylic acids is 2. The fourth-order valence-corrected chi connectivity index (χ4v) is 3.24. The molecular formula is C26H28N2O3. The number of rotatable bonds is 9. The Balaban J connectivity index is 1.77. The van der Waals surface area contributed by atoms with Crippen LogP contribution in [-0.2, 0) is 0 Å². The molecule has 5 nitrogen and oxygen atoms in total. The number of benzene rings is 3. The molecule has 5 heteroatoms. The van der Waals surface area contributed by atoms with E-state index in [9.17, 15) is 9.59 Å². The molecular weight excluding hydrogens is 388 g/mol. The Morgan fingerprint density at radius 1 is 0.903 bits per heavy atom. The highest BCUT2D eigenvalue weighted by molar-refractivity contribution is 6.09. The summed E-state index contributed by atoms with van der Waals surface area (Å²) in [5.41, 5.74) is 2.37. The average molecular weight is 417 g/mol. The summed E-state index contributed by atoms with van der Waals surface area (Å²) < 4.78 is 5.77. The zero-order valence-electron chi connectivity index (χ0n) is 18.0. The Kier molecular flexibility index (Phi) is 7.82. The minimum atomic E-state index is -0.271. The summed E-state index contributed by atoms with van der Waals surface area (Å²) >= 11 is 0. The lowest BCUT2D eigenvalue weighted by molar-refractivity contribution is 0.0985. The van der Waals surface area contributed by atoms with E-state index in [1.807, 2.05) is 43.3 Å². The zero-order valence-corrected chi connectivity index (χ0v) is 18.0. The van der Waals surface area contributed by atoms with Gasteiger partial charge in [0.25, 0.3) is 11.8 Å². The zero-order chi connectivity index (χ0) is 22.1. The maximum Gasteiger partial charge on any atom is 0.259 e. The number of anilines is 2. The minimum absolute atomic E-state index is 0.118. The quantitative estimate of drug-likeness (QED) is 0.450. The number of amides is 2. The standard InChI is InChI=1S/C26H28N2O3/c1-3-5-18-31-24-17-10-9-16-23(24)25(29)27-21-13-11-12-20(19-21)26(30)28(4-2)22-14-7-6-8-15-22/h6-17,19H,3-5,18H2,1-2H3,(H,27,29). The lowest BCUT2D eigenvalue weighted by Gasteiger charge is -2.21. The summed E-state index contributed by atoms with van der Waals surface area (Å²) in [5.74, 6) is 0.169. The summed E-state index contributed by atoms with van der Waals surface area (Å²) in [7, 11) is 0. The number of hydrogen-bond donors (Lipinski definition) is 1. The monoisotopic (exact) mass is 416 g/mol. The van der Waals surface area contributed by atoms with Crippen molar-refractivity contribution in [1.82, 2.24) is 0 Å². The van der Waals surface area contributed by atoms with Gasteiger partial charge in [0.15, 0.2) is 0 Å². The molecule has 0 saturated carbocycles.